The van der Waals surface area contributed by atoms with Gasteiger partial charge in [-0.1, -0.05) is 23.7 Å². The van der Waals surface area contributed by atoms with Crippen LogP contribution in [0.5, 0.6) is 5.75 Å². The largest absolute Gasteiger partial charge is 0.494 e. The monoisotopic (exact) mass is 402 g/mol. The van der Waals surface area contributed by atoms with Gasteiger partial charge in [0.25, 0.3) is 5.91 Å². The fraction of sp³-hybridized carbons (Fsp3) is 0.409. The van der Waals surface area contributed by atoms with Crippen LogP contribution in [0.15, 0.2) is 48.5 Å². The van der Waals surface area contributed by atoms with Gasteiger partial charge in [-0.25, -0.2) is 0 Å². The highest BCUT2D eigenvalue weighted by molar-refractivity contribution is 6.30. The second kappa shape index (κ2) is 10.5. The number of benzene rings is 2. The first-order valence-corrected chi connectivity index (χ1v) is 10.0. The van der Waals surface area contributed by atoms with Crippen LogP contribution in [0.1, 0.15) is 22.3 Å². The number of nitrogens with zero attached hydrogens (tertiary/aromatic N) is 2. The summed E-state index contributed by atoms with van der Waals surface area (Å²) in [7, 11) is 1.83. The highest BCUT2D eigenvalue weighted by Gasteiger charge is 2.14. The third kappa shape index (κ3) is 6.23. The number of morpholine rings is 1. The van der Waals surface area contributed by atoms with Crippen LogP contribution in [0.3, 0.4) is 0 Å². The van der Waals surface area contributed by atoms with E-state index in [1.54, 1.807) is 17.0 Å². The maximum atomic E-state index is 12.7. The number of rotatable bonds is 8. The van der Waals surface area contributed by atoms with Crippen molar-refractivity contribution in [3.63, 3.8) is 0 Å². The molecule has 2 aromatic rings. The average molecular weight is 403 g/mol. The number of hydrogen-bond donors (Lipinski definition) is 0. The minimum absolute atomic E-state index is 0.0373. The normalized spacial score (nSPS) is 14.6. The molecule has 1 aliphatic heterocycles. The Labute approximate surface area is 171 Å². The van der Waals surface area contributed by atoms with Crippen LogP contribution in [0.25, 0.3) is 0 Å². The Morgan fingerprint density at radius 3 is 2.68 bits per heavy atom. The fourth-order valence-electron chi connectivity index (χ4n) is 3.16. The Morgan fingerprint density at radius 2 is 1.93 bits per heavy atom. The number of hydrogen-bond acceptors (Lipinski definition) is 4. The SMILES string of the molecule is CN(CCCOc1ccc(Cl)cc1)C(=O)c1cccc(CN2CCOCC2)c1. The molecule has 1 aliphatic rings. The molecule has 0 aromatic heterocycles. The van der Waals surface area contributed by atoms with Gasteiger partial charge in [-0.2, -0.15) is 0 Å². The Morgan fingerprint density at radius 1 is 1.18 bits per heavy atom. The lowest BCUT2D eigenvalue weighted by molar-refractivity contribution is 0.0341. The quantitative estimate of drug-likeness (QED) is 0.631. The summed E-state index contributed by atoms with van der Waals surface area (Å²) >= 11 is 5.87. The molecule has 0 atom stereocenters. The van der Waals surface area contributed by atoms with Gasteiger partial charge >= 0.3 is 0 Å². The van der Waals surface area contributed by atoms with Gasteiger partial charge in [0.2, 0.25) is 0 Å². The van der Waals surface area contributed by atoms with Gasteiger partial charge in [-0.05, 0) is 48.4 Å². The highest BCUT2D eigenvalue weighted by Crippen LogP contribution is 2.16. The molecule has 1 fully saturated rings. The van der Waals surface area contributed by atoms with E-state index in [1.807, 2.05) is 37.4 Å². The molecule has 0 N–H and O–H groups in total. The van der Waals surface area contributed by atoms with E-state index in [-0.39, 0.29) is 5.91 Å². The zero-order valence-electron chi connectivity index (χ0n) is 16.3. The van der Waals surface area contributed by atoms with Crippen LogP contribution in [0.2, 0.25) is 5.02 Å². The second-order valence-electron chi connectivity index (χ2n) is 6.97. The van der Waals surface area contributed by atoms with Gasteiger partial charge in [0, 0.05) is 43.8 Å². The molecule has 150 valence electrons. The molecule has 1 saturated heterocycles. The highest BCUT2D eigenvalue weighted by atomic mass is 35.5. The van der Waals surface area contributed by atoms with Crippen molar-refractivity contribution in [3.8, 4) is 5.75 Å². The molecule has 0 bridgehead atoms. The third-order valence-corrected chi connectivity index (χ3v) is 5.00. The lowest BCUT2D eigenvalue weighted by Crippen LogP contribution is -2.35. The minimum Gasteiger partial charge on any atom is -0.494 e. The number of halogens is 1. The van der Waals surface area contributed by atoms with E-state index in [0.29, 0.717) is 18.2 Å². The van der Waals surface area contributed by atoms with Gasteiger partial charge < -0.3 is 14.4 Å². The Kier molecular flexibility index (Phi) is 7.71. The predicted molar refractivity (Wildman–Crippen MR) is 111 cm³/mol. The van der Waals surface area contributed by atoms with Gasteiger partial charge in [0.1, 0.15) is 5.75 Å². The Bertz CT molecular complexity index is 761. The molecule has 2 aromatic carbocycles. The van der Waals surface area contributed by atoms with Crippen molar-refractivity contribution in [1.29, 1.82) is 0 Å². The van der Waals surface area contributed by atoms with Crippen LogP contribution in [0.4, 0.5) is 0 Å². The zero-order valence-corrected chi connectivity index (χ0v) is 17.0. The first-order chi connectivity index (χ1) is 13.6. The molecule has 0 saturated carbocycles. The summed E-state index contributed by atoms with van der Waals surface area (Å²) in [6.07, 6.45) is 0.762. The van der Waals surface area contributed by atoms with Crippen molar-refractivity contribution in [2.24, 2.45) is 0 Å². The topological polar surface area (TPSA) is 42.0 Å². The van der Waals surface area contributed by atoms with Crippen LogP contribution in [0, 0.1) is 0 Å². The smallest absolute Gasteiger partial charge is 0.253 e. The number of carbonyl (C=O) groups excluding carboxylic acids is 1. The first kappa shape index (κ1) is 20.6. The third-order valence-electron chi connectivity index (χ3n) is 4.75. The summed E-state index contributed by atoms with van der Waals surface area (Å²) in [5.41, 5.74) is 1.89. The van der Waals surface area contributed by atoms with Crippen molar-refractivity contribution in [3.05, 3.63) is 64.7 Å². The van der Waals surface area contributed by atoms with E-state index in [1.165, 1.54) is 0 Å². The van der Waals surface area contributed by atoms with Crippen molar-refractivity contribution in [1.82, 2.24) is 9.80 Å². The van der Waals surface area contributed by atoms with E-state index < -0.39 is 0 Å². The van der Waals surface area contributed by atoms with E-state index in [2.05, 4.69) is 11.0 Å². The van der Waals surface area contributed by atoms with Crippen LogP contribution < -0.4 is 4.74 Å². The van der Waals surface area contributed by atoms with E-state index in [9.17, 15) is 4.79 Å². The molecule has 0 radical (unpaired) electrons. The lowest BCUT2D eigenvalue weighted by atomic mass is 10.1. The molecule has 0 aliphatic carbocycles. The molecule has 1 amide bonds. The van der Waals surface area contributed by atoms with Crippen molar-refractivity contribution in [2.75, 3.05) is 46.5 Å². The summed E-state index contributed by atoms with van der Waals surface area (Å²) in [6.45, 7) is 5.47. The van der Waals surface area contributed by atoms with Gasteiger partial charge in [0.15, 0.2) is 0 Å². The summed E-state index contributed by atoms with van der Waals surface area (Å²) in [6, 6.07) is 15.2. The first-order valence-electron chi connectivity index (χ1n) is 9.65. The van der Waals surface area contributed by atoms with Crippen molar-refractivity contribution >= 4 is 17.5 Å². The van der Waals surface area contributed by atoms with Gasteiger partial charge in [0.05, 0.1) is 19.8 Å². The number of amides is 1. The maximum absolute atomic E-state index is 12.7. The molecule has 6 heteroatoms. The number of carbonyl (C=O) groups is 1. The van der Waals surface area contributed by atoms with E-state index in [4.69, 9.17) is 21.1 Å². The molecular weight excluding hydrogens is 376 g/mol. The summed E-state index contributed by atoms with van der Waals surface area (Å²) < 4.78 is 11.1. The zero-order chi connectivity index (χ0) is 19.8. The average Bonchev–Trinajstić information content (AvgIpc) is 2.73. The standard InChI is InChI=1S/C22H27ClN2O3/c1-24(10-3-13-28-21-8-6-20(23)7-9-21)22(26)19-5-2-4-18(16-19)17-25-11-14-27-15-12-25/h2,4-9,16H,3,10-15,17H2,1H3. The lowest BCUT2D eigenvalue weighted by Gasteiger charge is -2.26. The van der Waals surface area contributed by atoms with E-state index >= 15 is 0 Å². The molecule has 1 heterocycles. The molecule has 0 unspecified atom stereocenters. The van der Waals surface area contributed by atoms with Crippen LogP contribution in [-0.2, 0) is 11.3 Å². The minimum atomic E-state index is 0.0373. The van der Waals surface area contributed by atoms with Crippen molar-refractivity contribution in [2.45, 2.75) is 13.0 Å². The molecule has 28 heavy (non-hydrogen) atoms. The van der Waals surface area contributed by atoms with Gasteiger partial charge in [-0.15, -0.1) is 0 Å². The van der Waals surface area contributed by atoms with Gasteiger partial charge in [-0.3, -0.25) is 9.69 Å². The molecule has 5 nitrogen and oxygen atoms in total. The van der Waals surface area contributed by atoms with Crippen molar-refractivity contribution < 1.29 is 14.3 Å². The fourth-order valence-corrected chi connectivity index (χ4v) is 3.29. The molecular formula is C22H27ClN2O3. The second-order valence-corrected chi connectivity index (χ2v) is 7.41. The van der Waals surface area contributed by atoms with Crippen LogP contribution in [-0.4, -0.2) is 62.2 Å². The molecule has 0 spiro atoms. The number of ether oxygens (including phenoxy) is 2. The Hall–Kier alpha value is -2.08. The molecule has 3 rings (SSSR count). The summed E-state index contributed by atoms with van der Waals surface area (Å²) in [5.74, 6) is 0.824. The van der Waals surface area contributed by atoms with Crippen LogP contribution >= 0.6 is 11.6 Å². The Balaban J connectivity index is 1.45. The summed E-state index contributed by atoms with van der Waals surface area (Å²) in [5, 5.41) is 0.688. The predicted octanol–water partition coefficient (Wildman–Crippen LogP) is 3.71. The van der Waals surface area contributed by atoms with E-state index in [0.717, 1.165) is 56.1 Å². The maximum Gasteiger partial charge on any atom is 0.253 e. The summed E-state index contributed by atoms with van der Waals surface area (Å²) in [4.78, 5) is 16.8.